The number of nitrogens with one attached hydrogen (secondary N) is 2. The van der Waals surface area contributed by atoms with E-state index in [1.54, 1.807) is 0 Å². The van der Waals surface area contributed by atoms with E-state index in [0.717, 1.165) is 45.1 Å². The SMILES string of the molecule is CC(C)(C)OC(=O)N[C@H]1CCCN[C@H]1COC1CCC(c2[c-]cccc2)CC1.[CH2-]C(=O)O.[Y]. The van der Waals surface area contributed by atoms with E-state index in [4.69, 9.17) is 19.4 Å². The number of alkyl carbamates (subject to hydrolysis) is 1. The van der Waals surface area contributed by atoms with Crippen molar-refractivity contribution in [3.8, 4) is 0 Å². The Bertz CT molecular complexity index is 698. The molecule has 1 saturated heterocycles. The van der Waals surface area contributed by atoms with Crippen molar-refractivity contribution in [2.45, 2.75) is 89.0 Å². The number of carboxylic acid groups (broad SMARTS) is 1. The van der Waals surface area contributed by atoms with Crippen LogP contribution >= 0.6 is 0 Å². The summed E-state index contributed by atoms with van der Waals surface area (Å²) in [5, 5.41) is 13.9. The number of piperidine rings is 1. The molecule has 3 N–H and O–H groups in total. The van der Waals surface area contributed by atoms with Gasteiger partial charge in [0.1, 0.15) is 5.60 Å². The smallest absolute Gasteiger partial charge is 0.407 e. The maximum Gasteiger partial charge on any atom is 0.407 e. The van der Waals surface area contributed by atoms with E-state index >= 15 is 0 Å². The number of ether oxygens (including phenoxy) is 2. The maximum atomic E-state index is 12.1. The second kappa shape index (κ2) is 15.0. The molecule has 3 rings (SSSR count). The van der Waals surface area contributed by atoms with Crippen molar-refractivity contribution in [1.82, 2.24) is 10.6 Å². The van der Waals surface area contributed by atoms with Crippen molar-refractivity contribution in [2.75, 3.05) is 13.2 Å². The van der Waals surface area contributed by atoms with Crippen LogP contribution in [0.1, 0.15) is 70.8 Å². The molecule has 2 aliphatic rings. The summed E-state index contributed by atoms with van der Waals surface area (Å²) in [6.45, 7) is 9.81. The second-order valence-corrected chi connectivity index (χ2v) is 9.47. The normalized spacial score (nSPS) is 24.9. The van der Waals surface area contributed by atoms with Gasteiger partial charge in [0, 0.05) is 38.8 Å². The van der Waals surface area contributed by atoms with Crippen molar-refractivity contribution in [2.24, 2.45) is 0 Å². The van der Waals surface area contributed by atoms with Crippen LogP contribution in [0, 0.1) is 13.0 Å². The first-order valence-corrected chi connectivity index (χ1v) is 11.5. The first kappa shape index (κ1) is 29.9. The van der Waals surface area contributed by atoms with Gasteiger partial charge in [-0.25, -0.2) is 4.79 Å². The monoisotopic (exact) mass is 535 g/mol. The van der Waals surface area contributed by atoms with Gasteiger partial charge < -0.3 is 25.2 Å². The molecule has 1 aromatic carbocycles. The van der Waals surface area contributed by atoms with Crippen LogP contribution < -0.4 is 10.6 Å². The zero-order valence-corrected chi connectivity index (χ0v) is 23.0. The molecule has 33 heavy (non-hydrogen) atoms. The molecule has 0 aromatic heterocycles. The maximum absolute atomic E-state index is 12.1. The number of amides is 1. The van der Waals surface area contributed by atoms with Crippen molar-refractivity contribution in [3.05, 3.63) is 42.8 Å². The zero-order valence-electron chi connectivity index (χ0n) is 20.1. The van der Waals surface area contributed by atoms with Gasteiger partial charge in [0.2, 0.25) is 0 Å². The Hall–Kier alpha value is -1.15. The van der Waals surface area contributed by atoms with Crippen LogP contribution in [0.2, 0.25) is 0 Å². The fraction of sp³-hybridized carbons (Fsp3) is 0.640. The molecule has 1 saturated carbocycles. The fourth-order valence-electron chi connectivity index (χ4n) is 4.20. The van der Waals surface area contributed by atoms with E-state index < -0.39 is 11.6 Å². The minimum Gasteiger partial charge on any atom is -0.503 e. The van der Waals surface area contributed by atoms with Gasteiger partial charge in [-0.15, -0.1) is 0 Å². The number of carboxylic acids is 1. The van der Waals surface area contributed by atoms with Gasteiger partial charge in [0.25, 0.3) is 0 Å². The van der Waals surface area contributed by atoms with Crippen molar-refractivity contribution in [3.63, 3.8) is 0 Å². The van der Waals surface area contributed by atoms with Gasteiger partial charge in [-0.3, -0.25) is 11.7 Å². The molecule has 2 atom stereocenters. The van der Waals surface area contributed by atoms with Crippen LogP contribution in [0.25, 0.3) is 0 Å². The minimum absolute atomic E-state index is 0. The Kier molecular flexibility index (Phi) is 13.6. The third-order valence-electron chi connectivity index (χ3n) is 5.64. The third-order valence-corrected chi connectivity index (χ3v) is 5.64. The van der Waals surface area contributed by atoms with E-state index in [1.807, 2.05) is 32.9 Å². The third kappa shape index (κ3) is 12.2. The number of rotatable bonds is 5. The molecule has 1 aromatic rings. The molecule has 1 aliphatic heterocycles. The molecular weight excluding hydrogens is 497 g/mol. The molecule has 1 aliphatic carbocycles. The number of hydrogen-bond acceptors (Lipinski definition) is 5. The van der Waals surface area contributed by atoms with Crippen LogP contribution in [-0.2, 0) is 47.0 Å². The standard InChI is InChI=1S/C23H35N2O3.C2H3O2.Y/c1-23(2,3)28-22(26)25-20-10-7-15-24-21(20)16-27-19-13-11-18(12-14-19)17-8-5-4-6-9-17;1-2(3)4;/h4-6,8,18-21,24H,7,10-16H2,1-3H3,(H,25,26);1H2,(H,3,4);/q2*-1;/t18?,19?,20-,21-;;/m0../s1. The quantitative estimate of drug-likeness (QED) is 0.492. The predicted molar refractivity (Wildman–Crippen MR) is 123 cm³/mol. The summed E-state index contributed by atoms with van der Waals surface area (Å²) in [4.78, 5) is 21.0. The van der Waals surface area contributed by atoms with E-state index in [9.17, 15) is 4.79 Å². The summed E-state index contributed by atoms with van der Waals surface area (Å²) in [7, 11) is 0. The van der Waals surface area contributed by atoms with Gasteiger partial charge in [-0.2, -0.15) is 35.9 Å². The summed E-state index contributed by atoms with van der Waals surface area (Å²) < 4.78 is 11.7. The predicted octanol–water partition coefficient (Wildman–Crippen LogP) is 4.08. The number of carbonyl (C=O) groups excluding carboxylic acids is 1. The van der Waals surface area contributed by atoms with Gasteiger partial charge in [-0.1, -0.05) is 0 Å². The average molecular weight is 535 g/mol. The molecular formula is C25H38N2O5Y-2. The Balaban J connectivity index is 0.00000101. The molecule has 0 bridgehead atoms. The molecule has 7 nitrogen and oxygen atoms in total. The summed E-state index contributed by atoms with van der Waals surface area (Å²) in [6, 6.07) is 11.9. The van der Waals surface area contributed by atoms with Crippen LogP contribution in [0.3, 0.4) is 0 Å². The molecule has 0 spiro atoms. The first-order valence-electron chi connectivity index (χ1n) is 11.5. The van der Waals surface area contributed by atoms with Gasteiger partial charge in [0.15, 0.2) is 5.97 Å². The van der Waals surface area contributed by atoms with Gasteiger partial charge >= 0.3 is 6.09 Å². The van der Waals surface area contributed by atoms with Crippen LogP contribution in [0.4, 0.5) is 4.79 Å². The molecule has 8 heteroatoms. The number of hydrogen-bond donors (Lipinski definition) is 3. The molecule has 2 fully saturated rings. The van der Waals surface area contributed by atoms with Gasteiger partial charge in [-0.05, 0) is 71.8 Å². The van der Waals surface area contributed by atoms with E-state index in [2.05, 4.69) is 35.8 Å². The average Bonchev–Trinajstić information content (AvgIpc) is 2.72. The summed E-state index contributed by atoms with van der Waals surface area (Å²) in [5.41, 5.74) is 0.851. The van der Waals surface area contributed by atoms with E-state index in [1.165, 1.54) is 5.56 Å². The number of aliphatic carboxylic acids is 1. The van der Waals surface area contributed by atoms with Gasteiger partial charge in [0.05, 0.1) is 18.8 Å². The van der Waals surface area contributed by atoms with Crippen LogP contribution in [0.5, 0.6) is 0 Å². The summed E-state index contributed by atoms with van der Waals surface area (Å²) in [6.07, 6.45) is 6.46. The van der Waals surface area contributed by atoms with E-state index in [-0.39, 0.29) is 50.9 Å². The minimum atomic E-state index is -1.08. The summed E-state index contributed by atoms with van der Waals surface area (Å²) in [5.74, 6) is -0.476. The molecule has 0 unspecified atom stereocenters. The number of benzene rings is 1. The topological polar surface area (TPSA) is 96.9 Å². The molecule has 1 radical (unpaired) electrons. The van der Waals surface area contributed by atoms with Crippen molar-refractivity contribution in [1.29, 1.82) is 0 Å². The van der Waals surface area contributed by atoms with Crippen LogP contribution in [0.15, 0.2) is 24.3 Å². The molecule has 1 heterocycles. The van der Waals surface area contributed by atoms with Crippen molar-refractivity contribution < 1.29 is 56.9 Å². The molecule has 1 amide bonds. The number of carbonyl (C=O) groups is 2. The Morgan fingerprint density at radius 1 is 1.21 bits per heavy atom. The Morgan fingerprint density at radius 2 is 1.88 bits per heavy atom. The second-order valence-electron chi connectivity index (χ2n) is 9.47. The fourth-order valence-corrected chi connectivity index (χ4v) is 4.20. The Labute approximate surface area is 223 Å². The van der Waals surface area contributed by atoms with E-state index in [0.29, 0.717) is 18.6 Å². The molecule has 183 valence electrons. The zero-order chi connectivity index (χ0) is 23.6. The Morgan fingerprint density at radius 3 is 2.45 bits per heavy atom. The largest absolute Gasteiger partial charge is 0.503 e. The summed E-state index contributed by atoms with van der Waals surface area (Å²) >= 11 is 0. The van der Waals surface area contributed by atoms with Crippen LogP contribution in [-0.4, -0.2) is 54.1 Å². The van der Waals surface area contributed by atoms with Crippen molar-refractivity contribution >= 4 is 12.1 Å². The first-order chi connectivity index (χ1) is 15.1.